The second-order valence-electron chi connectivity index (χ2n) is 10.1. The minimum atomic E-state index is -3.71. The topological polar surface area (TPSA) is 59.3 Å². The van der Waals surface area contributed by atoms with Crippen LogP contribution in [0.4, 0.5) is 0 Å². The maximum absolute atomic E-state index is 13.5. The number of aromatic nitrogens is 1. The van der Waals surface area contributed by atoms with E-state index in [4.69, 9.17) is 0 Å². The molecule has 4 rings (SSSR count). The van der Waals surface area contributed by atoms with E-state index in [0.717, 1.165) is 34.9 Å². The van der Waals surface area contributed by atoms with Gasteiger partial charge >= 0.3 is 0 Å². The van der Waals surface area contributed by atoms with Crippen LogP contribution in [0.15, 0.2) is 71.3 Å². The number of rotatable bonds is 5. The molecule has 2 atom stereocenters. The van der Waals surface area contributed by atoms with Gasteiger partial charge in [0.25, 0.3) is 10.0 Å². The lowest BCUT2D eigenvalue weighted by Gasteiger charge is -2.40. The van der Waals surface area contributed by atoms with Crippen molar-refractivity contribution in [1.29, 1.82) is 0 Å². The van der Waals surface area contributed by atoms with E-state index in [2.05, 4.69) is 19.9 Å². The molecule has 0 amide bonds. The molecule has 1 heterocycles. The normalized spacial score (nSPS) is 22.2. The van der Waals surface area contributed by atoms with Gasteiger partial charge in [0.2, 0.25) is 0 Å². The highest BCUT2D eigenvalue weighted by Gasteiger charge is 2.37. The van der Waals surface area contributed by atoms with Gasteiger partial charge in [-0.05, 0) is 80.7 Å². The molecule has 3 aromatic rings. The van der Waals surface area contributed by atoms with Crippen LogP contribution in [-0.4, -0.2) is 23.1 Å². The summed E-state index contributed by atoms with van der Waals surface area (Å²) in [5, 5.41) is 11.6. The van der Waals surface area contributed by atoms with Crippen LogP contribution < -0.4 is 0 Å². The third-order valence-corrected chi connectivity index (χ3v) is 8.86. The molecule has 2 aromatic carbocycles. The average molecular weight is 452 g/mol. The van der Waals surface area contributed by atoms with Crippen molar-refractivity contribution in [3.05, 3.63) is 77.5 Å². The fourth-order valence-corrected chi connectivity index (χ4v) is 6.21. The minimum absolute atomic E-state index is 0.170. The summed E-state index contributed by atoms with van der Waals surface area (Å²) in [4.78, 5) is 0.289. The monoisotopic (exact) mass is 451 g/mol. The molecule has 4 nitrogen and oxygen atoms in total. The molecule has 170 valence electrons. The summed E-state index contributed by atoms with van der Waals surface area (Å²) in [6.07, 6.45) is 6.65. The minimum Gasteiger partial charge on any atom is -0.386 e. The molecule has 1 aliphatic carbocycles. The van der Waals surface area contributed by atoms with Crippen molar-refractivity contribution in [1.82, 2.24) is 3.97 Å². The van der Waals surface area contributed by atoms with Gasteiger partial charge in [-0.1, -0.05) is 55.8 Å². The molecule has 0 radical (unpaired) electrons. The average Bonchev–Trinajstić information content (AvgIpc) is 3.09. The van der Waals surface area contributed by atoms with Crippen LogP contribution in [0.2, 0.25) is 0 Å². The van der Waals surface area contributed by atoms with Crippen molar-refractivity contribution in [2.24, 2.45) is 11.3 Å². The van der Waals surface area contributed by atoms with Gasteiger partial charge in [-0.15, -0.1) is 0 Å². The zero-order valence-corrected chi connectivity index (χ0v) is 20.4. The zero-order valence-electron chi connectivity index (χ0n) is 19.6. The first kappa shape index (κ1) is 22.8. The first-order chi connectivity index (χ1) is 14.9. The summed E-state index contributed by atoms with van der Waals surface area (Å²) in [6, 6.07) is 14.7. The summed E-state index contributed by atoms with van der Waals surface area (Å²) >= 11 is 0. The fraction of sp³-hybridized carbons (Fsp3) is 0.407. The highest BCUT2D eigenvalue weighted by Crippen LogP contribution is 2.45. The second kappa shape index (κ2) is 7.89. The summed E-state index contributed by atoms with van der Waals surface area (Å²) in [6.45, 7) is 10.1. The molecule has 0 saturated heterocycles. The number of aliphatic hydroxyl groups is 1. The maximum Gasteiger partial charge on any atom is 0.268 e. The lowest BCUT2D eigenvalue weighted by Crippen LogP contribution is -2.34. The van der Waals surface area contributed by atoms with Crippen LogP contribution in [0.25, 0.3) is 10.9 Å². The number of allylic oxidation sites excluding steroid dienone is 1. The van der Waals surface area contributed by atoms with Crippen molar-refractivity contribution in [2.45, 2.75) is 64.4 Å². The Morgan fingerprint density at radius 3 is 2.44 bits per heavy atom. The van der Waals surface area contributed by atoms with Gasteiger partial charge in [-0.3, -0.25) is 0 Å². The molecule has 0 saturated carbocycles. The van der Waals surface area contributed by atoms with Gasteiger partial charge in [-0.25, -0.2) is 12.4 Å². The van der Waals surface area contributed by atoms with Crippen molar-refractivity contribution in [3.8, 4) is 0 Å². The summed E-state index contributed by atoms with van der Waals surface area (Å²) in [5.41, 5.74) is 2.78. The van der Waals surface area contributed by atoms with E-state index in [0.29, 0.717) is 17.9 Å². The second-order valence-corrected chi connectivity index (χ2v) is 12.0. The van der Waals surface area contributed by atoms with E-state index in [-0.39, 0.29) is 10.3 Å². The number of fused-ring (bicyclic) bond motifs is 1. The number of benzene rings is 2. The van der Waals surface area contributed by atoms with E-state index in [1.54, 1.807) is 18.3 Å². The highest BCUT2D eigenvalue weighted by molar-refractivity contribution is 7.90. The standard InChI is InChI=1S/C27H33NO3S/c1-19-10-14-23(15-11-19)32(30,31)28-18-21(24-8-6-7-9-25(24)28)16-27(5)17-22(26(3,4)29)13-12-20(27)2/h6-11,14-15,17-18,20,29H,12-13,16H2,1-5H3/t20-,27+/m1/s1. The van der Waals surface area contributed by atoms with E-state index in [9.17, 15) is 13.5 Å². The molecular weight excluding hydrogens is 418 g/mol. The maximum atomic E-state index is 13.5. The Morgan fingerprint density at radius 1 is 1.12 bits per heavy atom. The van der Waals surface area contributed by atoms with E-state index in [1.165, 1.54) is 3.97 Å². The van der Waals surface area contributed by atoms with Crippen LogP contribution in [-0.2, 0) is 16.4 Å². The smallest absolute Gasteiger partial charge is 0.268 e. The van der Waals surface area contributed by atoms with E-state index in [1.807, 2.05) is 57.2 Å². The molecule has 1 aliphatic rings. The fourth-order valence-electron chi connectivity index (χ4n) is 4.81. The Balaban J connectivity index is 1.83. The summed E-state index contributed by atoms with van der Waals surface area (Å²) < 4.78 is 28.5. The van der Waals surface area contributed by atoms with E-state index >= 15 is 0 Å². The molecule has 0 unspecified atom stereocenters. The largest absolute Gasteiger partial charge is 0.386 e. The molecule has 1 aromatic heterocycles. The number of hydrogen-bond acceptors (Lipinski definition) is 3. The lowest BCUT2D eigenvalue weighted by molar-refractivity contribution is 0.103. The van der Waals surface area contributed by atoms with Crippen LogP contribution in [0.1, 0.15) is 51.7 Å². The van der Waals surface area contributed by atoms with Gasteiger partial charge < -0.3 is 5.11 Å². The molecule has 0 spiro atoms. The zero-order chi connectivity index (χ0) is 23.3. The van der Waals surface area contributed by atoms with Gasteiger partial charge in [-0.2, -0.15) is 0 Å². The number of para-hydroxylation sites is 1. The van der Waals surface area contributed by atoms with Crippen molar-refractivity contribution in [3.63, 3.8) is 0 Å². The number of nitrogens with zero attached hydrogens (tertiary/aromatic N) is 1. The molecule has 0 fully saturated rings. The van der Waals surface area contributed by atoms with Crippen LogP contribution in [0, 0.1) is 18.3 Å². The van der Waals surface area contributed by atoms with Gasteiger partial charge in [0.1, 0.15) is 0 Å². The number of hydrogen-bond donors (Lipinski definition) is 1. The predicted octanol–water partition coefficient (Wildman–Crippen LogP) is 5.86. The van der Waals surface area contributed by atoms with Crippen LogP contribution in [0.5, 0.6) is 0 Å². The Bertz CT molecular complexity index is 1280. The van der Waals surface area contributed by atoms with Crippen molar-refractivity contribution < 1.29 is 13.5 Å². The van der Waals surface area contributed by atoms with Crippen LogP contribution >= 0.6 is 0 Å². The van der Waals surface area contributed by atoms with Gasteiger partial charge in [0.15, 0.2) is 0 Å². The molecular formula is C27H33NO3S. The Kier molecular flexibility index (Phi) is 5.62. The Hall–Kier alpha value is -2.37. The molecule has 0 aliphatic heterocycles. The highest BCUT2D eigenvalue weighted by atomic mass is 32.2. The van der Waals surface area contributed by atoms with Gasteiger partial charge in [0.05, 0.1) is 16.0 Å². The lowest BCUT2D eigenvalue weighted by atomic mass is 9.65. The Labute approximate surface area is 191 Å². The quantitative estimate of drug-likeness (QED) is 0.494. The van der Waals surface area contributed by atoms with Gasteiger partial charge in [0, 0.05) is 11.6 Å². The van der Waals surface area contributed by atoms with Crippen molar-refractivity contribution >= 4 is 20.9 Å². The molecule has 1 N–H and O–H groups in total. The summed E-state index contributed by atoms with van der Waals surface area (Å²) in [7, 11) is -3.71. The summed E-state index contributed by atoms with van der Waals surface area (Å²) in [5.74, 6) is 0.421. The third-order valence-electron chi connectivity index (χ3n) is 7.17. The molecule has 32 heavy (non-hydrogen) atoms. The van der Waals surface area contributed by atoms with E-state index < -0.39 is 15.6 Å². The Morgan fingerprint density at radius 2 is 1.78 bits per heavy atom. The first-order valence-corrected chi connectivity index (χ1v) is 12.7. The SMILES string of the molecule is Cc1ccc(S(=O)(=O)n2cc(C[C@@]3(C)C=C(C(C)(C)O)CC[C@H]3C)c3ccccc32)cc1. The molecule has 5 heteroatoms. The third kappa shape index (κ3) is 4.04. The first-order valence-electron chi connectivity index (χ1n) is 11.3. The van der Waals surface area contributed by atoms with Crippen LogP contribution in [0.3, 0.4) is 0 Å². The van der Waals surface area contributed by atoms with Crippen molar-refractivity contribution in [2.75, 3.05) is 0 Å². The number of aryl methyl sites for hydroxylation is 1. The predicted molar refractivity (Wildman–Crippen MR) is 130 cm³/mol. The molecule has 0 bridgehead atoms.